The second-order valence-corrected chi connectivity index (χ2v) is 9.53. The molecule has 1 aliphatic heterocycles. The Kier molecular flexibility index (Phi) is 7.98. The number of nitrogens with zero attached hydrogens (tertiary/aromatic N) is 2. The number of aryl methyl sites for hydroxylation is 3. The molecule has 1 aromatic heterocycles. The summed E-state index contributed by atoms with van der Waals surface area (Å²) in [6.07, 6.45) is 0.958. The van der Waals surface area contributed by atoms with Gasteiger partial charge in [-0.05, 0) is 68.1 Å². The summed E-state index contributed by atoms with van der Waals surface area (Å²) >= 11 is 5.85. The molecule has 0 atom stereocenters. The molecule has 0 unspecified atom stereocenters. The van der Waals surface area contributed by atoms with Gasteiger partial charge in [0, 0.05) is 37.4 Å². The monoisotopic (exact) mass is 478 g/mol. The molecular formula is C27H34N4O2S. The van der Waals surface area contributed by atoms with Gasteiger partial charge in [-0.2, -0.15) is 0 Å². The fourth-order valence-electron chi connectivity index (χ4n) is 4.46. The Hall–Kier alpha value is -2.74. The Balaban J connectivity index is 1.53. The number of anilines is 1. The minimum absolute atomic E-state index is 0.0608. The molecule has 6 nitrogen and oxygen atoms in total. The van der Waals surface area contributed by atoms with Crippen molar-refractivity contribution in [2.24, 2.45) is 0 Å². The van der Waals surface area contributed by atoms with Gasteiger partial charge in [0.25, 0.3) is 5.56 Å². The van der Waals surface area contributed by atoms with E-state index < -0.39 is 0 Å². The molecule has 1 fully saturated rings. The second kappa shape index (κ2) is 11.1. The molecule has 7 heteroatoms. The van der Waals surface area contributed by atoms with Crippen molar-refractivity contribution < 1.29 is 4.74 Å². The van der Waals surface area contributed by atoms with Crippen molar-refractivity contribution in [3.63, 3.8) is 0 Å². The maximum Gasteiger partial charge on any atom is 0.253 e. The molecule has 2 N–H and O–H groups in total. The fraction of sp³-hybridized carbons (Fsp3) is 0.407. The number of thiocarbonyl (C=S) groups is 1. The number of rotatable bonds is 7. The summed E-state index contributed by atoms with van der Waals surface area (Å²) in [5.74, 6) is 0. The molecular weight excluding hydrogens is 444 g/mol. The zero-order chi connectivity index (χ0) is 24.1. The van der Waals surface area contributed by atoms with Crippen LogP contribution in [0.3, 0.4) is 0 Å². The van der Waals surface area contributed by atoms with E-state index in [1.165, 1.54) is 5.56 Å². The number of para-hydroxylation sites is 1. The Morgan fingerprint density at radius 1 is 1.12 bits per heavy atom. The summed E-state index contributed by atoms with van der Waals surface area (Å²) in [7, 11) is 0. The van der Waals surface area contributed by atoms with Gasteiger partial charge < -0.3 is 19.9 Å². The highest BCUT2D eigenvalue weighted by Gasteiger charge is 2.16. The summed E-state index contributed by atoms with van der Waals surface area (Å²) in [5, 5.41) is 5.10. The van der Waals surface area contributed by atoms with Crippen LogP contribution < -0.4 is 10.9 Å². The van der Waals surface area contributed by atoms with Crippen LogP contribution in [0.5, 0.6) is 0 Å². The van der Waals surface area contributed by atoms with Crippen molar-refractivity contribution in [1.82, 2.24) is 14.8 Å². The topological polar surface area (TPSA) is 60.6 Å². The standard InChI is InChI=1S/C27H34N4O2S/c1-19-8-9-24(21(3)16-19)28-27(34)31(11-5-10-30-12-14-33-15-13-30)18-23-17-22-7-4-6-20(2)25(22)29-26(23)32/h4,6-9,16-17H,5,10-15,18H2,1-3H3,(H,28,34)(H,29,32). The van der Waals surface area contributed by atoms with Crippen LogP contribution in [-0.2, 0) is 11.3 Å². The van der Waals surface area contributed by atoms with Crippen LogP contribution >= 0.6 is 12.2 Å². The molecule has 0 saturated carbocycles. The average Bonchev–Trinajstić information content (AvgIpc) is 2.82. The van der Waals surface area contributed by atoms with Gasteiger partial charge in [0.1, 0.15) is 0 Å². The van der Waals surface area contributed by atoms with Crippen molar-refractivity contribution in [1.29, 1.82) is 0 Å². The molecule has 4 rings (SSSR count). The van der Waals surface area contributed by atoms with Crippen LogP contribution in [0, 0.1) is 20.8 Å². The van der Waals surface area contributed by atoms with Gasteiger partial charge in [-0.15, -0.1) is 0 Å². The van der Waals surface area contributed by atoms with Gasteiger partial charge in [0.15, 0.2) is 5.11 Å². The lowest BCUT2D eigenvalue weighted by Gasteiger charge is -2.30. The smallest absolute Gasteiger partial charge is 0.253 e. The van der Waals surface area contributed by atoms with Crippen LogP contribution in [-0.4, -0.2) is 59.3 Å². The van der Waals surface area contributed by atoms with Crippen molar-refractivity contribution in [2.75, 3.05) is 44.7 Å². The Morgan fingerprint density at radius 3 is 2.68 bits per heavy atom. The molecule has 0 spiro atoms. The highest BCUT2D eigenvalue weighted by molar-refractivity contribution is 7.80. The first-order chi connectivity index (χ1) is 16.4. The van der Waals surface area contributed by atoms with E-state index in [4.69, 9.17) is 17.0 Å². The summed E-state index contributed by atoms with van der Waals surface area (Å²) in [6.45, 7) is 11.9. The lowest BCUT2D eigenvalue weighted by atomic mass is 10.1. The normalized spacial score (nSPS) is 14.3. The first-order valence-electron chi connectivity index (χ1n) is 12.0. The third kappa shape index (κ3) is 6.03. The first-order valence-corrected chi connectivity index (χ1v) is 12.4. The van der Waals surface area contributed by atoms with E-state index in [1.54, 1.807) is 0 Å². The largest absolute Gasteiger partial charge is 0.379 e. The highest BCUT2D eigenvalue weighted by atomic mass is 32.1. The van der Waals surface area contributed by atoms with Gasteiger partial charge in [-0.3, -0.25) is 9.69 Å². The Morgan fingerprint density at radius 2 is 1.91 bits per heavy atom. The summed E-state index contributed by atoms with van der Waals surface area (Å²) in [6, 6.07) is 14.4. The molecule has 1 saturated heterocycles. The molecule has 34 heavy (non-hydrogen) atoms. The number of H-pyrrole nitrogens is 1. The number of aromatic amines is 1. The van der Waals surface area contributed by atoms with Crippen LogP contribution in [0.1, 0.15) is 28.7 Å². The minimum atomic E-state index is -0.0608. The number of morpholine rings is 1. The number of hydrogen-bond acceptors (Lipinski definition) is 4. The van der Waals surface area contributed by atoms with E-state index in [2.05, 4.69) is 52.1 Å². The van der Waals surface area contributed by atoms with E-state index in [0.717, 1.165) is 73.5 Å². The maximum absolute atomic E-state index is 12.9. The number of hydrogen-bond donors (Lipinski definition) is 2. The van der Waals surface area contributed by atoms with Crippen LogP contribution in [0.4, 0.5) is 5.69 Å². The Bertz CT molecular complexity index is 1220. The quantitative estimate of drug-likeness (QED) is 0.492. The molecule has 0 bridgehead atoms. The molecule has 0 radical (unpaired) electrons. The predicted molar refractivity (Wildman–Crippen MR) is 144 cm³/mol. The maximum atomic E-state index is 12.9. The van der Waals surface area contributed by atoms with Crippen molar-refractivity contribution in [2.45, 2.75) is 33.7 Å². The Labute approximate surface area is 206 Å². The van der Waals surface area contributed by atoms with E-state index in [0.29, 0.717) is 17.2 Å². The summed E-state index contributed by atoms with van der Waals surface area (Å²) in [5.41, 5.74) is 5.98. The SMILES string of the molecule is Cc1ccc(NC(=S)N(CCCN2CCOCC2)Cc2cc3cccc(C)c3[nH]c2=O)c(C)c1. The van der Waals surface area contributed by atoms with E-state index in [1.807, 2.05) is 31.2 Å². The van der Waals surface area contributed by atoms with Gasteiger partial charge in [-0.25, -0.2) is 0 Å². The average molecular weight is 479 g/mol. The number of pyridine rings is 1. The van der Waals surface area contributed by atoms with E-state index in [-0.39, 0.29) is 5.56 Å². The number of fused-ring (bicyclic) bond motifs is 1. The highest BCUT2D eigenvalue weighted by Crippen LogP contribution is 2.19. The summed E-state index contributed by atoms with van der Waals surface area (Å²) < 4.78 is 5.47. The van der Waals surface area contributed by atoms with Crippen LogP contribution in [0.2, 0.25) is 0 Å². The molecule has 0 amide bonds. The number of nitrogens with one attached hydrogen (secondary N) is 2. The minimum Gasteiger partial charge on any atom is -0.379 e. The number of benzene rings is 2. The molecule has 3 aromatic rings. The zero-order valence-corrected chi connectivity index (χ0v) is 21.1. The molecule has 1 aliphatic rings. The van der Waals surface area contributed by atoms with E-state index >= 15 is 0 Å². The fourth-order valence-corrected chi connectivity index (χ4v) is 4.73. The third-order valence-corrected chi connectivity index (χ3v) is 6.80. The molecule has 180 valence electrons. The van der Waals surface area contributed by atoms with Crippen molar-refractivity contribution >= 4 is 33.9 Å². The molecule has 2 heterocycles. The second-order valence-electron chi connectivity index (χ2n) is 9.14. The van der Waals surface area contributed by atoms with Crippen molar-refractivity contribution in [3.05, 3.63) is 75.1 Å². The van der Waals surface area contributed by atoms with Crippen LogP contribution in [0.15, 0.2) is 47.3 Å². The van der Waals surface area contributed by atoms with Gasteiger partial charge in [-0.1, -0.05) is 35.9 Å². The lowest BCUT2D eigenvalue weighted by Crippen LogP contribution is -2.40. The lowest BCUT2D eigenvalue weighted by molar-refractivity contribution is 0.0367. The first kappa shape index (κ1) is 24.4. The van der Waals surface area contributed by atoms with Gasteiger partial charge >= 0.3 is 0 Å². The molecule has 0 aliphatic carbocycles. The third-order valence-electron chi connectivity index (χ3n) is 6.44. The van der Waals surface area contributed by atoms with Gasteiger partial charge in [0.05, 0.1) is 25.3 Å². The number of ether oxygens (including phenoxy) is 1. The van der Waals surface area contributed by atoms with Crippen LogP contribution in [0.25, 0.3) is 10.9 Å². The predicted octanol–water partition coefficient (Wildman–Crippen LogP) is 4.37. The summed E-state index contributed by atoms with van der Waals surface area (Å²) in [4.78, 5) is 20.6. The van der Waals surface area contributed by atoms with Gasteiger partial charge in [0.2, 0.25) is 0 Å². The van der Waals surface area contributed by atoms with E-state index in [9.17, 15) is 4.79 Å². The van der Waals surface area contributed by atoms with Crippen molar-refractivity contribution in [3.8, 4) is 0 Å². The number of aromatic nitrogens is 1. The molecule has 2 aromatic carbocycles. The zero-order valence-electron chi connectivity index (χ0n) is 20.3.